The van der Waals surface area contributed by atoms with Gasteiger partial charge in [-0.15, -0.1) is 0 Å². The molecular weight excluding hydrogens is 356 g/mol. The van der Waals surface area contributed by atoms with Gasteiger partial charge in [0, 0.05) is 15.3 Å². The van der Waals surface area contributed by atoms with Crippen molar-refractivity contribution in [2.24, 2.45) is 0 Å². The van der Waals surface area contributed by atoms with Crippen molar-refractivity contribution in [3.63, 3.8) is 0 Å². The highest BCUT2D eigenvalue weighted by atomic mass is 79.9. The molecule has 3 aromatic carbocycles. The van der Waals surface area contributed by atoms with E-state index in [2.05, 4.69) is 46.3 Å². The molecule has 3 rings (SSSR count). The molecule has 0 bridgehead atoms. The predicted octanol–water partition coefficient (Wildman–Crippen LogP) is 5.63. The van der Waals surface area contributed by atoms with E-state index in [0.717, 1.165) is 22.7 Å². The SMILES string of the molecule is O=Cc1ccc(Br)cc1C(S)Cc1ccc2ccccc2c1. The van der Waals surface area contributed by atoms with E-state index in [9.17, 15) is 4.79 Å². The molecule has 0 amide bonds. The first-order chi connectivity index (χ1) is 10.7. The normalized spacial score (nSPS) is 12.3. The highest BCUT2D eigenvalue weighted by Gasteiger charge is 2.13. The molecule has 0 N–H and O–H groups in total. The molecule has 0 aromatic heterocycles. The maximum absolute atomic E-state index is 11.2. The Morgan fingerprint density at radius 3 is 2.55 bits per heavy atom. The van der Waals surface area contributed by atoms with E-state index >= 15 is 0 Å². The molecule has 0 saturated heterocycles. The summed E-state index contributed by atoms with van der Waals surface area (Å²) in [5.41, 5.74) is 2.88. The Balaban J connectivity index is 1.91. The lowest BCUT2D eigenvalue weighted by atomic mass is 9.98. The zero-order valence-corrected chi connectivity index (χ0v) is 14.3. The van der Waals surface area contributed by atoms with Crippen LogP contribution in [-0.2, 0) is 6.42 Å². The van der Waals surface area contributed by atoms with Gasteiger partial charge in [0.05, 0.1) is 0 Å². The van der Waals surface area contributed by atoms with Crippen LogP contribution >= 0.6 is 28.6 Å². The summed E-state index contributed by atoms with van der Waals surface area (Å²) in [5, 5.41) is 2.45. The maximum atomic E-state index is 11.2. The Kier molecular flexibility index (Phi) is 4.65. The van der Waals surface area contributed by atoms with Gasteiger partial charge in [-0.1, -0.05) is 64.5 Å². The Hall–Kier alpha value is -1.58. The zero-order valence-electron chi connectivity index (χ0n) is 11.9. The van der Waals surface area contributed by atoms with Crippen LogP contribution in [0.4, 0.5) is 0 Å². The van der Waals surface area contributed by atoms with Crippen LogP contribution in [0.15, 0.2) is 65.1 Å². The fraction of sp³-hybridized carbons (Fsp3) is 0.105. The fourth-order valence-electron chi connectivity index (χ4n) is 2.64. The second-order valence-corrected chi connectivity index (χ2v) is 6.83. The number of benzene rings is 3. The Morgan fingerprint density at radius 1 is 1.00 bits per heavy atom. The minimum Gasteiger partial charge on any atom is -0.298 e. The van der Waals surface area contributed by atoms with Gasteiger partial charge in [0.25, 0.3) is 0 Å². The standard InChI is InChI=1S/C19H15BrOS/c20-17-8-7-16(12-21)18(11-17)19(22)10-13-5-6-14-3-1-2-4-15(14)9-13/h1-9,11-12,19,22H,10H2. The van der Waals surface area contributed by atoms with Crippen LogP contribution in [0.3, 0.4) is 0 Å². The average molecular weight is 371 g/mol. The Bertz CT molecular complexity index is 829. The molecule has 3 heteroatoms. The molecule has 1 atom stereocenters. The van der Waals surface area contributed by atoms with E-state index in [4.69, 9.17) is 12.6 Å². The summed E-state index contributed by atoms with van der Waals surface area (Å²) in [7, 11) is 0. The second-order valence-electron chi connectivity index (χ2n) is 5.29. The van der Waals surface area contributed by atoms with Gasteiger partial charge in [0.2, 0.25) is 0 Å². The van der Waals surface area contributed by atoms with Gasteiger partial charge in [0.1, 0.15) is 6.29 Å². The van der Waals surface area contributed by atoms with Gasteiger partial charge in [-0.2, -0.15) is 12.6 Å². The zero-order chi connectivity index (χ0) is 15.5. The summed E-state index contributed by atoms with van der Waals surface area (Å²) < 4.78 is 0.964. The van der Waals surface area contributed by atoms with E-state index in [-0.39, 0.29) is 5.25 Å². The number of carbonyl (C=O) groups excluding carboxylic acids is 1. The number of hydrogen-bond acceptors (Lipinski definition) is 2. The molecule has 110 valence electrons. The molecule has 0 spiro atoms. The lowest BCUT2D eigenvalue weighted by molar-refractivity contribution is 0.112. The number of halogens is 1. The highest BCUT2D eigenvalue weighted by Crippen LogP contribution is 2.30. The van der Waals surface area contributed by atoms with Crippen LogP contribution in [0.25, 0.3) is 10.8 Å². The van der Waals surface area contributed by atoms with E-state index < -0.39 is 0 Å². The van der Waals surface area contributed by atoms with Crippen LogP contribution in [0.1, 0.15) is 26.7 Å². The molecule has 1 nitrogen and oxygen atoms in total. The molecule has 1 unspecified atom stereocenters. The van der Waals surface area contributed by atoms with Crippen LogP contribution < -0.4 is 0 Å². The monoisotopic (exact) mass is 370 g/mol. The number of carbonyl (C=O) groups is 1. The average Bonchev–Trinajstić information content (AvgIpc) is 2.54. The molecular formula is C19H15BrOS. The fourth-order valence-corrected chi connectivity index (χ4v) is 3.45. The van der Waals surface area contributed by atoms with Crippen LogP contribution in [0, 0.1) is 0 Å². The van der Waals surface area contributed by atoms with Gasteiger partial charge in [-0.05, 0) is 40.5 Å². The number of thiol groups is 1. The van der Waals surface area contributed by atoms with Crippen LogP contribution in [-0.4, -0.2) is 6.29 Å². The molecule has 0 radical (unpaired) electrons. The number of fused-ring (bicyclic) bond motifs is 1. The lowest BCUT2D eigenvalue weighted by Crippen LogP contribution is -2.00. The van der Waals surface area contributed by atoms with Gasteiger partial charge in [-0.3, -0.25) is 4.79 Å². The third-order valence-electron chi connectivity index (χ3n) is 3.78. The Morgan fingerprint density at radius 2 is 1.77 bits per heavy atom. The molecule has 0 fully saturated rings. The van der Waals surface area contributed by atoms with Crippen molar-refractivity contribution >= 4 is 45.6 Å². The van der Waals surface area contributed by atoms with Gasteiger partial charge >= 0.3 is 0 Å². The van der Waals surface area contributed by atoms with E-state index in [0.29, 0.717) is 5.56 Å². The van der Waals surface area contributed by atoms with Crippen molar-refractivity contribution < 1.29 is 4.79 Å². The summed E-state index contributed by atoms with van der Waals surface area (Å²) in [6.45, 7) is 0. The third kappa shape index (κ3) is 3.26. The second kappa shape index (κ2) is 6.67. The van der Waals surface area contributed by atoms with Crippen molar-refractivity contribution in [1.29, 1.82) is 0 Å². The number of hydrogen-bond donors (Lipinski definition) is 1. The van der Waals surface area contributed by atoms with Gasteiger partial charge in [-0.25, -0.2) is 0 Å². The first-order valence-electron chi connectivity index (χ1n) is 7.08. The first-order valence-corrected chi connectivity index (χ1v) is 8.38. The van der Waals surface area contributed by atoms with Crippen molar-refractivity contribution in [1.82, 2.24) is 0 Å². The molecule has 3 aromatic rings. The highest BCUT2D eigenvalue weighted by molar-refractivity contribution is 9.10. The van der Waals surface area contributed by atoms with Crippen LogP contribution in [0.2, 0.25) is 0 Å². The van der Waals surface area contributed by atoms with Crippen molar-refractivity contribution in [2.45, 2.75) is 11.7 Å². The summed E-state index contributed by atoms with van der Waals surface area (Å²) in [5.74, 6) is 0. The molecule has 0 saturated carbocycles. The lowest BCUT2D eigenvalue weighted by Gasteiger charge is -2.14. The summed E-state index contributed by atoms with van der Waals surface area (Å²) in [4.78, 5) is 11.2. The number of aldehydes is 1. The minimum absolute atomic E-state index is 0.0149. The van der Waals surface area contributed by atoms with E-state index in [1.54, 1.807) is 0 Å². The first kappa shape index (κ1) is 15.3. The molecule has 22 heavy (non-hydrogen) atoms. The van der Waals surface area contributed by atoms with Crippen LogP contribution in [0.5, 0.6) is 0 Å². The third-order valence-corrected chi connectivity index (χ3v) is 4.73. The van der Waals surface area contributed by atoms with E-state index in [1.165, 1.54) is 16.3 Å². The van der Waals surface area contributed by atoms with Gasteiger partial charge in [0.15, 0.2) is 0 Å². The quantitative estimate of drug-likeness (QED) is 0.465. The topological polar surface area (TPSA) is 17.1 Å². The molecule has 0 aliphatic heterocycles. The number of rotatable bonds is 4. The van der Waals surface area contributed by atoms with Crippen molar-refractivity contribution in [3.8, 4) is 0 Å². The van der Waals surface area contributed by atoms with Crippen molar-refractivity contribution in [2.75, 3.05) is 0 Å². The molecule has 0 heterocycles. The van der Waals surface area contributed by atoms with E-state index in [1.807, 2.05) is 30.3 Å². The molecule has 0 aliphatic rings. The predicted molar refractivity (Wildman–Crippen MR) is 98.9 cm³/mol. The summed E-state index contributed by atoms with van der Waals surface area (Å²) in [6, 6.07) is 20.4. The smallest absolute Gasteiger partial charge is 0.150 e. The maximum Gasteiger partial charge on any atom is 0.150 e. The summed E-state index contributed by atoms with van der Waals surface area (Å²) >= 11 is 8.18. The largest absolute Gasteiger partial charge is 0.298 e. The Labute approximate surface area is 143 Å². The molecule has 0 aliphatic carbocycles. The summed E-state index contributed by atoms with van der Waals surface area (Å²) in [6.07, 6.45) is 1.68. The van der Waals surface area contributed by atoms with Gasteiger partial charge < -0.3 is 0 Å². The van der Waals surface area contributed by atoms with Crippen molar-refractivity contribution in [3.05, 3.63) is 81.8 Å². The minimum atomic E-state index is -0.0149.